The number of hydrogen-bond donors (Lipinski definition) is 6. The zero-order valence-corrected chi connectivity index (χ0v) is 14.2. The lowest BCUT2D eigenvalue weighted by atomic mass is 10.2. The number of anilines is 2. The molecule has 0 spiro atoms. The smallest absolute Gasteiger partial charge is 0.330 e. The van der Waals surface area contributed by atoms with E-state index in [-0.39, 0.29) is 11.9 Å². The SMILES string of the molecule is Nc1nc(N)nc(CCNCc2ccccc2)n1.O=c1[nH]c(=O)[nH]c(=O)[nH]1. The van der Waals surface area contributed by atoms with Crippen LogP contribution in [0.5, 0.6) is 0 Å². The first-order chi connectivity index (χ1) is 12.9. The third-order valence-electron chi connectivity index (χ3n) is 3.09. The van der Waals surface area contributed by atoms with Gasteiger partial charge < -0.3 is 16.8 Å². The van der Waals surface area contributed by atoms with Gasteiger partial charge in [-0.05, 0) is 5.56 Å². The molecule has 0 saturated heterocycles. The summed E-state index contributed by atoms with van der Waals surface area (Å²) in [6, 6.07) is 10.2. The van der Waals surface area contributed by atoms with Crippen LogP contribution in [0.15, 0.2) is 44.7 Å². The number of hydrogen-bond acceptors (Lipinski definition) is 9. The van der Waals surface area contributed by atoms with E-state index in [4.69, 9.17) is 11.5 Å². The highest BCUT2D eigenvalue weighted by Crippen LogP contribution is 2.00. The van der Waals surface area contributed by atoms with Gasteiger partial charge in [-0.3, -0.25) is 15.0 Å². The second-order valence-corrected chi connectivity index (χ2v) is 5.24. The minimum atomic E-state index is -0.802. The van der Waals surface area contributed by atoms with Gasteiger partial charge in [0.25, 0.3) is 0 Å². The molecule has 0 saturated carbocycles. The van der Waals surface area contributed by atoms with Crippen molar-refractivity contribution in [2.45, 2.75) is 13.0 Å². The van der Waals surface area contributed by atoms with Crippen molar-refractivity contribution in [2.24, 2.45) is 0 Å². The fraction of sp³-hybridized carbons (Fsp3) is 0.200. The summed E-state index contributed by atoms with van der Waals surface area (Å²) in [5.41, 5.74) is 9.82. The van der Waals surface area contributed by atoms with Crippen molar-refractivity contribution in [3.05, 3.63) is 73.2 Å². The van der Waals surface area contributed by atoms with Crippen LogP contribution in [0, 0.1) is 0 Å². The second-order valence-electron chi connectivity index (χ2n) is 5.24. The van der Waals surface area contributed by atoms with Crippen LogP contribution in [0.2, 0.25) is 0 Å². The van der Waals surface area contributed by atoms with E-state index in [0.29, 0.717) is 12.2 Å². The molecule has 2 heterocycles. The summed E-state index contributed by atoms with van der Waals surface area (Å²) in [5, 5.41) is 3.31. The van der Waals surface area contributed by atoms with Gasteiger partial charge in [0, 0.05) is 19.5 Å². The first-order valence-electron chi connectivity index (χ1n) is 7.86. The molecule has 0 aliphatic rings. The van der Waals surface area contributed by atoms with Crippen LogP contribution in [0.25, 0.3) is 0 Å². The van der Waals surface area contributed by atoms with Crippen molar-refractivity contribution < 1.29 is 0 Å². The molecule has 0 bridgehead atoms. The molecule has 0 amide bonds. The average molecular weight is 373 g/mol. The molecule has 142 valence electrons. The van der Waals surface area contributed by atoms with Crippen molar-refractivity contribution in [1.29, 1.82) is 0 Å². The molecule has 0 fully saturated rings. The maximum Gasteiger partial charge on any atom is 0.330 e. The zero-order chi connectivity index (χ0) is 19.6. The molecule has 12 heteroatoms. The van der Waals surface area contributed by atoms with E-state index in [2.05, 4.69) is 32.4 Å². The van der Waals surface area contributed by atoms with Gasteiger partial charge >= 0.3 is 17.1 Å². The fourth-order valence-corrected chi connectivity index (χ4v) is 2.00. The Morgan fingerprint density at radius 1 is 0.815 bits per heavy atom. The van der Waals surface area contributed by atoms with E-state index >= 15 is 0 Å². The van der Waals surface area contributed by atoms with E-state index in [1.165, 1.54) is 5.56 Å². The highest BCUT2D eigenvalue weighted by atomic mass is 16.2. The minimum Gasteiger partial charge on any atom is -0.368 e. The van der Waals surface area contributed by atoms with Gasteiger partial charge in [0.05, 0.1) is 0 Å². The summed E-state index contributed by atoms with van der Waals surface area (Å²) < 4.78 is 0. The van der Waals surface area contributed by atoms with E-state index in [0.717, 1.165) is 13.1 Å². The number of rotatable bonds is 5. The van der Waals surface area contributed by atoms with Crippen LogP contribution < -0.4 is 33.9 Å². The summed E-state index contributed by atoms with van der Waals surface area (Å²) in [6.45, 7) is 1.58. The van der Waals surface area contributed by atoms with Crippen molar-refractivity contribution >= 4 is 11.9 Å². The summed E-state index contributed by atoms with van der Waals surface area (Å²) >= 11 is 0. The molecule has 0 aliphatic heterocycles. The third-order valence-corrected chi connectivity index (χ3v) is 3.09. The number of nitrogen functional groups attached to an aromatic ring is 2. The van der Waals surface area contributed by atoms with Crippen LogP contribution in [-0.4, -0.2) is 36.4 Å². The van der Waals surface area contributed by atoms with Crippen molar-refractivity contribution in [1.82, 2.24) is 35.2 Å². The van der Waals surface area contributed by atoms with E-state index in [1.807, 2.05) is 18.2 Å². The number of nitrogens with zero attached hydrogens (tertiary/aromatic N) is 3. The number of nitrogens with two attached hydrogens (primary N) is 2. The second kappa shape index (κ2) is 9.62. The van der Waals surface area contributed by atoms with Crippen LogP contribution in [-0.2, 0) is 13.0 Å². The number of aromatic nitrogens is 6. The van der Waals surface area contributed by atoms with Gasteiger partial charge in [-0.1, -0.05) is 30.3 Å². The Kier molecular flexibility index (Phi) is 6.96. The van der Waals surface area contributed by atoms with Crippen LogP contribution in [0.1, 0.15) is 11.4 Å². The Morgan fingerprint density at radius 3 is 1.85 bits per heavy atom. The van der Waals surface area contributed by atoms with E-state index in [9.17, 15) is 14.4 Å². The molecule has 0 aliphatic carbocycles. The zero-order valence-electron chi connectivity index (χ0n) is 14.2. The highest BCUT2D eigenvalue weighted by Gasteiger charge is 2.01. The molecule has 12 nitrogen and oxygen atoms in total. The van der Waals surface area contributed by atoms with E-state index < -0.39 is 17.1 Å². The molecule has 0 atom stereocenters. The third kappa shape index (κ3) is 7.31. The number of benzene rings is 1. The monoisotopic (exact) mass is 373 g/mol. The van der Waals surface area contributed by atoms with Crippen molar-refractivity contribution in [3.8, 4) is 0 Å². The Balaban J connectivity index is 0.000000244. The van der Waals surface area contributed by atoms with Gasteiger partial charge in [0.15, 0.2) is 0 Å². The van der Waals surface area contributed by atoms with Gasteiger partial charge in [-0.25, -0.2) is 14.4 Å². The minimum absolute atomic E-state index is 0.167. The first-order valence-corrected chi connectivity index (χ1v) is 7.86. The van der Waals surface area contributed by atoms with E-state index in [1.54, 1.807) is 15.0 Å². The van der Waals surface area contributed by atoms with Crippen LogP contribution >= 0.6 is 0 Å². The Morgan fingerprint density at radius 2 is 1.33 bits per heavy atom. The van der Waals surface area contributed by atoms with Crippen molar-refractivity contribution in [2.75, 3.05) is 18.0 Å². The number of aromatic amines is 3. The molecule has 0 unspecified atom stereocenters. The summed E-state index contributed by atoms with van der Waals surface area (Å²) in [4.78, 5) is 47.7. The normalized spacial score (nSPS) is 10.1. The van der Waals surface area contributed by atoms with Gasteiger partial charge in [-0.2, -0.15) is 15.0 Å². The summed E-state index contributed by atoms with van der Waals surface area (Å²) in [6.07, 6.45) is 0.670. The molecule has 0 radical (unpaired) electrons. The lowest BCUT2D eigenvalue weighted by Crippen LogP contribution is -2.34. The van der Waals surface area contributed by atoms with Crippen molar-refractivity contribution in [3.63, 3.8) is 0 Å². The Labute approximate surface area is 152 Å². The maximum atomic E-state index is 10.2. The summed E-state index contributed by atoms with van der Waals surface area (Å²) in [7, 11) is 0. The molecule has 3 aromatic rings. The topological polar surface area (TPSA) is 201 Å². The van der Waals surface area contributed by atoms with Gasteiger partial charge in [0.2, 0.25) is 11.9 Å². The predicted octanol–water partition coefficient (Wildman–Crippen LogP) is -1.88. The Bertz CT molecular complexity index is 928. The first kappa shape index (κ1) is 19.5. The molecular weight excluding hydrogens is 354 g/mol. The molecule has 2 aromatic heterocycles. The van der Waals surface area contributed by atoms with Gasteiger partial charge in [0.1, 0.15) is 5.82 Å². The molecule has 1 aromatic carbocycles. The highest BCUT2D eigenvalue weighted by molar-refractivity contribution is 5.25. The predicted molar refractivity (Wildman–Crippen MR) is 98.8 cm³/mol. The number of nitrogens with one attached hydrogen (secondary N) is 4. The van der Waals surface area contributed by atoms with Crippen LogP contribution in [0.3, 0.4) is 0 Å². The molecule has 8 N–H and O–H groups in total. The fourth-order valence-electron chi connectivity index (χ4n) is 2.00. The van der Waals surface area contributed by atoms with Crippen LogP contribution in [0.4, 0.5) is 11.9 Å². The maximum absolute atomic E-state index is 10.2. The molecule has 3 rings (SSSR count). The molecular formula is C15H19N9O3. The molecule has 27 heavy (non-hydrogen) atoms. The summed E-state index contributed by atoms with van der Waals surface area (Å²) in [5.74, 6) is 0.946. The lowest BCUT2D eigenvalue weighted by Gasteiger charge is -2.05. The number of H-pyrrole nitrogens is 3. The van der Waals surface area contributed by atoms with Gasteiger partial charge in [-0.15, -0.1) is 0 Å². The lowest BCUT2D eigenvalue weighted by molar-refractivity contribution is 0.669. The standard InChI is InChI=1S/C12H16N6.C3H3N3O3/c13-11-16-10(17-12(14)18-11)6-7-15-8-9-4-2-1-3-5-9;7-1-4-2(8)6-3(9)5-1/h1-5,15H,6-8H2,(H4,13,14,16,17,18);(H3,4,5,6,7,8,9). The average Bonchev–Trinajstić information content (AvgIpc) is 2.58. The Hall–Kier alpha value is -3.80. The quantitative estimate of drug-likeness (QED) is 0.277. The largest absolute Gasteiger partial charge is 0.368 e.